The van der Waals surface area contributed by atoms with Crippen molar-refractivity contribution in [3.63, 3.8) is 0 Å². The Bertz CT molecular complexity index is 444. The molecule has 1 aromatic rings. The van der Waals surface area contributed by atoms with Gasteiger partial charge in [-0.05, 0) is 39.0 Å². The molecular formula is C13H18BrNO3. The van der Waals surface area contributed by atoms with E-state index >= 15 is 0 Å². The molecule has 0 amide bonds. The number of hydrogen-bond donors (Lipinski definition) is 2. The van der Waals surface area contributed by atoms with Crippen LogP contribution in [0.25, 0.3) is 0 Å². The first-order valence-electron chi connectivity index (χ1n) is 5.65. The number of carboxylic acid groups (broad SMARTS) is 1. The second-order valence-corrected chi connectivity index (χ2v) is 5.86. The van der Waals surface area contributed by atoms with Gasteiger partial charge in [0.1, 0.15) is 12.4 Å². The zero-order valence-electron chi connectivity index (χ0n) is 10.7. The molecule has 0 aliphatic heterocycles. The Balaban J connectivity index is 2.88. The Kier molecular flexibility index (Phi) is 4.76. The molecule has 0 unspecified atom stereocenters. The van der Waals surface area contributed by atoms with Gasteiger partial charge < -0.3 is 15.6 Å². The molecule has 1 rings (SSSR count). The molecule has 0 bridgehead atoms. The average molecular weight is 316 g/mol. The van der Waals surface area contributed by atoms with E-state index < -0.39 is 11.4 Å². The van der Waals surface area contributed by atoms with Crippen molar-refractivity contribution in [2.75, 3.05) is 6.61 Å². The van der Waals surface area contributed by atoms with Crippen LogP contribution in [0.4, 0.5) is 0 Å². The molecule has 1 atom stereocenters. The highest BCUT2D eigenvalue weighted by Gasteiger charge is 2.28. The van der Waals surface area contributed by atoms with Crippen molar-refractivity contribution in [3.05, 3.63) is 28.2 Å². The third-order valence-electron chi connectivity index (χ3n) is 2.63. The number of ether oxygens (including phenoxy) is 1. The van der Waals surface area contributed by atoms with Gasteiger partial charge in [-0.1, -0.05) is 15.9 Å². The van der Waals surface area contributed by atoms with E-state index in [1.54, 1.807) is 19.9 Å². The van der Waals surface area contributed by atoms with Crippen LogP contribution in [0.15, 0.2) is 22.7 Å². The van der Waals surface area contributed by atoms with Crippen molar-refractivity contribution >= 4 is 21.9 Å². The smallest absolute Gasteiger partial charge is 0.312 e. The van der Waals surface area contributed by atoms with Gasteiger partial charge in [-0.25, -0.2) is 0 Å². The maximum atomic E-state index is 11.0. The summed E-state index contributed by atoms with van der Waals surface area (Å²) in [7, 11) is 0. The summed E-state index contributed by atoms with van der Waals surface area (Å²) in [6, 6.07) is 5.34. The molecular weight excluding hydrogens is 298 g/mol. The van der Waals surface area contributed by atoms with E-state index in [0.717, 1.165) is 10.0 Å². The van der Waals surface area contributed by atoms with Gasteiger partial charge in [-0.15, -0.1) is 0 Å². The molecule has 0 heterocycles. The number of aliphatic carboxylic acids is 1. The first-order valence-corrected chi connectivity index (χ1v) is 6.44. The number of carbonyl (C=O) groups is 1. The molecule has 4 nitrogen and oxygen atoms in total. The van der Waals surface area contributed by atoms with Crippen LogP contribution >= 0.6 is 15.9 Å². The van der Waals surface area contributed by atoms with Gasteiger partial charge in [-0.3, -0.25) is 4.79 Å². The van der Waals surface area contributed by atoms with Crippen molar-refractivity contribution in [3.8, 4) is 5.75 Å². The lowest BCUT2D eigenvalue weighted by molar-refractivity contribution is -0.148. The van der Waals surface area contributed by atoms with Crippen LogP contribution in [0.2, 0.25) is 0 Å². The standard InChI is InChI=1S/C13H18BrNO3/c1-8(15)10-6-9(14)4-5-11(10)18-7-13(2,3)12(16)17/h4-6,8H,7,15H2,1-3H3,(H,16,17)/t8-/m1/s1. The van der Waals surface area contributed by atoms with Crippen molar-refractivity contribution < 1.29 is 14.6 Å². The summed E-state index contributed by atoms with van der Waals surface area (Å²) in [4.78, 5) is 11.0. The number of benzene rings is 1. The second kappa shape index (κ2) is 5.71. The van der Waals surface area contributed by atoms with E-state index in [1.165, 1.54) is 0 Å². The SMILES string of the molecule is C[C@@H](N)c1cc(Br)ccc1OCC(C)(C)C(=O)O. The van der Waals surface area contributed by atoms with Crippen molar-refractivity contribution in [2.24, 2.45) is 11.1 Å². The summed E-state index contributed by atoms with van der Waals surface area (Å²) in [6.45, 7) is 5.21. The maximum absolute atomic E-state index is 11.0. The van der Waals surface area contributed by atoms with Crippen LogP contribution < -0.4 is 10.5 Å². The van der Waals surface area contributed by atoms with Gasteiger partial charge in [0.2, 0.25) is 0 Å². The predicted molar refractivity (Wildman–Crippen MR) is 73.7 cm³/mol. The molecule has 3 N–H and O–H groups in total. The van der Waals surface area contributed by atoms with Crippen molar-refractivity contribution in [2.45, 2.75) is 26.8 Å². The van der Waals surface area contributed by atoms with E-state index in [2.05, 4.69) is 15.9 Å². The van der Waals surface area contributed by atoms with Crippen molar-refractivity contribution in [1.29, 1.82) is 0 Å². The van der Waals surface area contributed by atoms with E-state index in [0.29, 0.717) is 5.75 Å². The molecule has 0 saturated heterocycles. The van der Waals surface area contributed by atoms with Crippen LogP contribution in [0.3, 0.4) is 0 Å². The highest BCUT2D eigenvalue weighted by atomic mass is 79.9. The Morgan fingerprint density at radius 1 is 1.56 bits per heavy atom. The van der Waals surface area contributed by atoms with E-state index in [-0.39, 0.29) is 12.6 Å². The minimum Gasteiger partial charge on any atom is -0.492 e. The molecule has 0 aliphatic carbocycles. The van der Waals surface area contributed by atoms with Crippen molar-refractivity contribution in [1.82, 2.24) is 0 Å². The summed E-state index contributed by atoms with van der Waals surface area (Å²) in [5, 5.41) is 9.03. The third-order valence-corrected chi connectivity index (χ3v) is 3.12. The maximum Gasteiger partial charge on any atom is 0.312 e. The third kappa shape index (κ3) is 3.71. The Hall–Kier alpha value is -1.07. The largest absolute Gasteiger partial charge is 0.492 e. The number of rotatable bonds is 5. The molecule has 5 heteroatoms. The van der Waals surface area contributed by atoms with Gasteiger partial charge in [0.05, 0.1) is 5.41 Å². The lowest BCUT2D eigenvalue weighted by Gasteiger charge is -2.21. The molecule has 18 heavy (non-hydrogen) atoms. The Morgan fingerprint density at radius 2 is 2.17 bits per heavy atom. The molecule has 0 radical (unpaired) electrons. The van der Waals surface area contributed by atoms with Crippen LogP contribution in [0, 0.1) is 5.41 Å². The van der Waals surface area contributed by atoms with Crippen LogP contribution in [0.5, 0.6) is 5.75 Å². The highest BCUT2D eigenvalue weighted by Crippen LogP contribution is 2.29. The molecule has 1 aromatic carbocycles. The van der Waals surface area contributed by atoms with Crippen LogP contribution in [-0.4, -0.2) is 17.7 Å². The summed E-state index contributed by atoms with van der Waals surface area (Å²) >= 11 is 3.37. The van der Waals surface area contributed by atoms with Gasteiger partial charge >= 0.3 is 5.97 Å². The summed E-state index contributed by atoms with van der Waals surface area (Å²) in [5.41, 5.74) is 5.79. The van der Waals surface area contributed by atoms with Gasteiger partial charge in [0.15, 0.2) is 0 Å². The Morgan fingerprint density at radius 3 is 2.67 bits per heavy atom. The molecule has 100 valence electrons. The van der Waals surface area contributed by atoms with Crippen LogP contribution in [0.1, 0.15) is 32.4 Å². The van der Waals surface area contributed by atoms with Gasteiger partial charge in [0.25, 0.3) is 0 Å². The summed E-state index contributed by atoms with van der Waals surface area (Å²) in [6.07, 6.45) is 0. The minimum atomic E-state index is -0.928. The lowest BCUT2D eigenvalue weighted by Crippen LogP contribution is -2.31. The summed E-state index contributed by atoms with van der Waals surface area (Å²) in [5.74, 6) is -0.260. The first kappa shape index (κ1) is 15.0. The molecule has 0 spiro atoms. The van der Waals surface area contributed by atoms with E-state index in [9.17, 15) is 4.79 Å². The number of nitrogens with two attached hydrogens (primary N) is 1. The zero-order chi connectivity index (χ0) is 13.9. The molecule has 0 saturated carbocycles. The topological polar surface area (TPSA) is 72.5 Å². The highest BCUT2D eigenvalue weighted by molar-refractivity contribution is 9.10. The van der Waals surface area contributed by atoms with Gasteiger partial charge in [-0.2, -0.15) is 0 Å². The number of halogens is 1. The van der Waals surface area contributed by atoms with E-state index in [1.807, 2.05) is 19.1 Å². The fourth-order valence-corrected chi connectivity index (χ4v) is 1.71. The monoisotopic (exact) mass is 315 g/mol. The summed E-state index contributed by atoms with van der Waals surface area (Å²) < 4.78 is 6.51. The molecule has 0 fully saturated rings. The lowest BCUT2D eigenvalue weighted by atomic mass is 9.95. The van der Waals surface area contributed by atoms with Crippen LogP contribution in [-0.2, 0) is 4.79 Å². The quantitative estimate of drug-likeness (QED) is 0.876. The number of hydrogen-bond acceptors (Lipinski definition) is 3. The fourth-order valence-electron chi connectivity index (χ4n) is 1.33. The van der Waals surface area contributed by atoms with Gasteiger partial charge in [0, 0.05) is 16.1 Å². The number of carboxylic acids is 1. The normalized spacial score (nSPS) is 13.2. The molecule has 0 aromatic heterocycles. The minimum absolute atomic E-state index is 0.101. The first-order chi connectivity index (χ1) is 8.24. The average Bonchev–Trinajstić information content (AvgIpc) is 2.27. The fraction of sp³-hybridized carbons (Fsp3) is 0.462. The van der Waals surface area contributed by atoms with E-state index in [4.69, 9.17) is 15.6 Å². The predicted octanol–water partition coefficient (Wildman–Crippen LogP) is 2.96. The molecule has 0 aliphatic rings. The second-order valence-electron chi connectivity index (χ2n) is 4.95. The zero-order valence-corrected chi connectivity index (χ0v) is 12.3. The Labute approximate surface area is 115 Å².